The topological polar surface area (TPSA) is 119 Å². The summed E-state index contributed by atoms with van der Waals surface area (Å²) in [6, 6.07) is -1.71. The van der Waals surface area contributed by atoms with Crippen LogP contribution < -0.4 is 16.2 Å². The highest BCUT2D eigenvalue weighted by atomic mass is 16.5. The van der Waals surface area contributed by atoms with Crippen LogP contribution in [0, 0.1) is 5.92 Å². The first-order valence-electron chi connectivity index (χ1n) is 10.2. The van der Waals surface area contributed by atoms with Crippen LogP contribution in [0.1, 0.15) is 75.8 Å². The standard InChI is InChI=1S/C21H34N4O5/c1-9-15-17(24-16(12(4)5)20(28)25(15)7)19(27)23-14(10-11(2)3)18(26)22-13(6)21(29)30-8/h11-14H,9-10H2,1-8H3,(H,22,26)(H,23,27)/t13-,14+/m0/s1. The molecular weight excluding hydrogens is 388 g/mol. The number of amides is 2. The van der Waals surface area contributed by atoms with Crippen LogP contribution in [0.25, 0.3) is 0 Å². The van der Waals surface area contributed by atoms with Gasteiger partial charge in [-0.3, -0.25) is 14.4 Å². The molecule has 0 aliphatic carbocycles. The third kappa shape index (κ3) is 6.14. The SMILES string of the molecule is CCc1c(C(=O)N[C@H](CC(C)C)C(=O)N[C@@H](C)C(=O)OC)nc(C(C)C)c(=O)n1C. The molecule has 1 aromatic rings. The number of hydrogen-bond donors (Lipinski definition) is 2. The van der Waals surface area contributed by atoms with Gasteiger partial charge in [-0.15, -0.1) is 0 Å². The Morgan fingerprint density at radius 1 is 1.10 bits per heavy atom. The number of aromatic nitrogens is 2. The minimum absolute atomic E-state index is 0.111. The molecule has 0 bridgehead atoms. The molecule has 0 fully saturated rings. The third-order valence-electron chi connectivity index (χ3n) is 4.77. The first-order chi connectivity index (χ1) is 13.9. The van der Waals surface area contributed by atoms with Crippen LogP contribution >= 0.6 is 0 Å². The van der Waals surface area contributed by atoms with Crippen molar-refractivity contribution in [3.05, 3.63) is 27.4 Å². The summed E-state index contributed by atoms with van der Waals surface area (Å²) in [5, 5.41) is 5.30. The Balaban J connectivity index is 3.25. The van der Waals surface area contributed by atoms with Gasteiger partial charge in [-0.1, -0.05) is 34.6 Å². The van der Waals surface area contributed by atoms with E-state index in [-0.39, 0.29) is 23.1 Å². The van der Waals surface area contributed by atoms with Crippen molar-refractivity contribution < 1.29 is 19.1 Å². The Labute approximate surface area is 177 Å². The molecule has 2 amide bonds. The average Bonchev–Trinajstić information content (AvgIpc) is 2.67. The number of hydrogen-bond acceptors (Lipinski definition) is 6. The Morgan fingerprint density at radius 2 is 1.70 bits per heavy atom. The molecule has 0 unspecified atom stereocenters. The molecule has 0 radical (unpaired) electrons. The van der Waals surface area contributed by atoms with Crippen LogP contribution in [0.2, 0.25) is 0 Å². The number of carbonyl (C=O) groups excluding carboxylic acids is 3. The smallest absolute Gasteiger partial charge is 0.328 e. The highest BCUT2D eigenvalue weighted by Gasteiger charge is 2.28. The van der Waals surface area contributed by atoms with Crippen molar-refractivity contribution in [3.8, 4) is 0 Å². The Kier molecular flexibility index (Phi) is 9.20. The van der Waals surface area contributed by atoms with E-state index in [0.29, 0.717) is 24.2 Å². The molecule has 9 heteroatoms. The predicted molar refractivity (Wildman–Crippen MR) is 113 cm³/mol. The van der Waals surface area contributed by atoms with Crippen molar-refractivity contribution in [1.29, 1.82) is 0 Å². The van der Waals surface area contributed by atoms with E-state index in [1.54, 1.807) is 7.05 Å². The molecule has 0 aromatic carbocycles. The number of nitrogens with zero attached hydrogens (tertiary/aromatic N) is 2. The molecule has 0 aliphatic heterocycles. The van der Waals surface area contributed by atoms with Crippen molar-refractivity contribution in [3.63, 3.8) is 0 Å². The van der Waals surface area contributed by atoms with Crippen molar-refractivity contribution in [2.24, 2.45) is 13.0 Å². The maximum atomic E-state index is 13.1. The maximum Gasteiger partial charge on any atom is 0.328 e. The zero-order valence-electron chi connectivity index (χ0n) is 19.2. The summed E-state index contributed by atoms with van der Waals surface area (Å²) < 4.78 is 6.07. The second-order valence-corrected chi connectivity index (χ2v) is 8.07. The van der Waals surface area contributed by atoms with Crippen molar-refractivity contribution >= 4 is 17.8 Å². The van der Waals surface area contributed by atoms with E-state index in [1.807, 2.05) is 34.6 Å². The molecule has 168 valence electrons. The van der Waals surface area contributed by atoms with Crippen molar-refractivity contribution in [2.75, 3.05) is 7.11 Å². The maximum absolute atomic E-state index is 13.1. The van der Waals surface area contributed by atoms with Crippen LogP contribution in [0.5, 0.6) is 0 Å². The van der Waals surface area contributed by atoms with E-state index in [4.69, 9.17) is 0 Å². The van der Waals surface area contributed by atoms with Gasteiger partial charge in [0.05, 0.1) is 12.8 Å². The van der Waals surface area contributed by atoms with Crippen molar-refractivity contribution in [1.82, 2.24) is 20.2 Å². The average molecular weight is 423 g/mol. The first kappa shape index (κ1) is 25.3. The van der Waals surface area contributed by atoms with Gasteiger partial charge in [0.2, 0.25) is 5.91 Å². The summed E-state index contributed by atoms with van der Waals surface area (Å²) in [5.74, 6) is -1.64. The number of esters is 1. The second-order valence-electron chi connectivity index (χ2n) is 8.07. The molecule has 9 nitrogen and oxygen atoms in total. The molecule has 1 aromatic heterocycles. The van der Waals surface area contributed by atoms with E-state index in [0.717, 1.165) is 0 Å². The molecule has 0 saturated carbocycles. The number of nitrogens with one attached hydrogen (secondary N) is 2. The molecule has 1 rings (SSSR count). The van der Waals surface area contributed by atoms with E-state index in [9.17, 15) is 19.2 Å². The van der Waals surface area contributed by atoms with Crippen LogP contribution in [-0.2, 0) is 27.8 Å². The lowest BCUT2D eigenvalue weighted by molar-refractivity contribution is -0.144. The van der Waals surface area contributed by atoms with Crippen LogP contribution in [-0.4, -0.2) is 46.5 Å². The normalized spacial score (nSPS) is 13.1. The molecule has 0 aliphatic rings. The quantitative estimate of drug-likeness (QED) is 0.579. The summed E-state index contributed by atoms with van der Waals surface area (Å²) in [5.41, 5.74) is 0.685. The summed E-state index contributed by atoms with van der Waals surface area (Å²) in [7, 11) is 2.85. The first-order valence-corrected chi connectivity index (χ1v) is 10.2. The van der Waals surface area contributed by atoms with E-state index in [2.05, 4.69) is 20.4 Å². The number of carbonyl (C=O) groups is 3. The van der Waals surface area contributed by atoms with E-state index in [1.165, 1.54) is 18.6 Å². The molecular formula is C21H34N4O5. The van der Waals surface area contributed by atoms with Gasteiger partial charge in [0, 0.05) is 13.0 Å². The fourth-order valence-corrected chi connectivity index (χ4v) is 3.13. The summed E-state index contributed by atoms with van der Waals surface area (Å²) in [4.78, 5) is 54.3. The lowest BCUT2D eigenvalue weighted by Gasteiger charge is -2.23. The van der Waals surface area contributed by atoms with Gasteiger partial charge >= 0.3 is 5.97 Å². The van der Waals surface area contributed by atoms with Crippen LogP contribution in [0.3, 0.4) is 0 Å². The Morgan fingerprint density at radius 3 is 2.17 bits per heavy atom. The summed E-state index contributed by atoms with van der Waals surface area (Å²) in [6.45, 7) is 10.9. The molecule has 2 atom stereocenters. The number of methoxy groups -OCH3 is 1. The van der Waals surface area contributed by atoms with Gasteiger partial charge in [-0.05, 0) is 25.7 Å². The van der Waals surface area contributed by atoms with Crippen molar-refractivity contribution in [2.45, 2.75) is 72.4 Å². The molecule has 0 saturated heterocycles. The fourth-order valence-electron chi connectivity index (χ4n) is 3.13. The predicted octanol–water partition coefficient (Wildman–Crippen LogP) is 1.29. The van der Waals surface area contributed by atoms with Gasteiger partial charge in [-0.25, -0.2) is 9.78 Å². The van der Waals surface area contributed by atoms with Gasteiger partial charge in [0.25, 0.3) is 11.5 Å². The minimum atomic E-state index is -0.865. The van der Waals surface area contributed by atoms with E-state index < -0.39 is 29.9 Å². The van der Waals surface area contributed by atoms with E-state index >= 15 is 0 Å². The fraction of sp³-hybridized carbons (Fsp3) is 0.667. The van der Waals surface area contributed by atoms with Crippen LogP contribution in [0.15, 0.2) is 4.79 Å². The van der Waals surface area contributed by atoms with Gasteiger partial charge in [-0.2, -0.15) is 0 Å². The minimum Gasteiger partial charge on any atom is -0.467 e. The Bertz CT molecular complexity index is 845. The lowest BCUT2D eigenvalue weighted by atomic mass is 10.0. The monoisotopic (exact) mass is 422 g/mol. The lowest BCUT2D eigenvalue weighted by Crippen LogP contribution is -2.51. The zero-order chi connectivity index (χ0) is 23.2. The molecule has 0 spiro atoms. The number of ether oxygens (including phenoxy) is 1. The molecule has 2 N–H and O–H groups in total. The van der Waals surface area contributed by atoms with Gasteiger partial charge in [0.1, 0.15) is 23.5 Å². The molecule has 1 heterocycles. The zero-order valence-corrected chi connectivity index (χ0v) is 19.2. The highest BCUT2D eigenvalue weighted by Crippen LogP contribution is 2.13. The van der Waals surface area contributed by atoms with Crippen LogP contribution in [0.4, 0.5) is 0 Å². The summed E-state index contributed by atoms with van der Waals surface area (Å²) >= 11 is 0. The number of rotatable bonds is 9. The second kappa shape index (κ2) is 10.9. The largest absolute Gasteiger partial charge is 0.467 e. The van der Waals surface area contributed by atoms with Gasteiger partial charge < -0.3 is 19.9 Å². The van der Waals surface area contributed by atoms with Gasteiger partial charge in [0.15, 0.2) is 0 Å². The third-order valence-corrected chi connectivity index (χ3v) is 4.77. The summed E-state index contributed by atoms with van der Waals surface area (Å²) in [6.07, 6.45) is 0.802. The molecule has 30 heavy (non-hydrogen) atoms. The highest BCUT2D eigenvalue weighted by molar-refractivity contribution is 5.97. The Hall–Kier alpha value is -2.71.